The Balaban J connectivity index is 1.50. The van der Waals surface area contributed by atoms with E-state index in [2.05, 4.69) is 62.6 Å². The van der Waals surface area contributed by atoms with Crippen molar-refractivity contribution in [1.29, 1.82) is 0 Å². The molecule has 0 fully saturated rings. The van der Waals surface area contributed by atoms with Crippen LogP contribution in [0.4, 0.5) is 11.5 Å². The largest absolute Gasteiger partial charge is 0.339 e. The fourth-order valence-electron chi connectivity index (χ4n) is 3.61. The molecule has 3 heterocycles. The highest BCUT2D eigenvalue weighted by Gasteiger charge is 2.12. The van der Waals surface area contributed by atoms with Crippen LogP contribution < -0.4 is 5.32 Å². The number of aryl methyl sites for hydroxylation is 3. The minimum absolute atomic E-state index is 0.711. The van der Waals surface area contributed by atoms with Gasteiger partial charge in [0.05, 0.1) is 29.0 Å². The van der Waals surface area contributed by atoms with Gasteiger partial charge in [0.1, 0.15) is 11.6 Å². The number of aromatic nitrogens is 5. The molecule has 0 amide bonds. The van der Waals surface area contributed by atoms with Crippen LogP contribution >= 0.6 is 0 Å². The molecule has 5 rings (SSSR count). The lowest BCUT2D eigenvalue weighted by Crippen LogP contribution is -2.00. The van der Waals surface area contributed by atoms with Gasteiger partial charge in [-0.05, 0) is 39.0 Å². The van der Waals surface area contributed by atoms with E-state index in [-0.39, 0.29) is 0 Å². The summed E-state index contributed by atoms with van der Waals surface area (Å²) >= 11 is 0. The van der Waals surface area contributed by atoms with Gasteiger partial charge < -0.3 is 5.32 Å². The van der Waals surface area contributed by atoms with Gasteiger partial charge in [-0.3, -0.25) is 0 Å². The maximum absolute atomic E-state index is 4.68. The Bertz CT molecular complexity index is 1370. The SMILES string of the molecule is Cc1ccc(-c2cc(Nc3cnc4c(c3)c(C)nn4-c3ccccc3)nc(C)n2)cc1. The first kappa shape index (κ1) is 18.9. The Morgan fingerprint density at radius 3 is 2.39 bits per heavy atom. The molecule has 3 aromatic heterocycles. The van der Waals surface area contributed by atoms with E-state index in [1.165, 1.54) is 5.56 Å². The first-order chi connectivity index (χ1) is 15.1. The van der Waals surface area contributed by atoms with E-state index in [0.717, 1.165) is 45.2 Å². The number of benzene rings is 2. The van der Waals surface area contributed by atoms with Crippen molar-refractivity contribution >= 4 is 22.5 Å². The summed E-state index contributed by atoms with van der Waals surface area (Å²) < 4.78 is 1.87. The Kier molecular flexibility index (Phi) is 4.67. The lowest BCUT2D eigenvalue weighted by molar-refractivity contribution is 0.878. The third kappa shape index (κ3) is 3.75. The van der Waals surface area contributed by atoms with E-state index in [1.54, 1.807) is 0 Å². The van der Waals surface area contributed by atoms with Crippen molar-refractivity contribution in [2.75, 3.05) is 5.32 Å². The van der Waals surface area contributed by atoms with Crippen molar-refractivity contribution in [2.45, 2.75) is 20.8 Å². The molecule has 0 radical (unpaired) electrons. The first-order valence-corrected chi connectivity index (χ1v) is 10.2. The molecule has 0 saturated heterocycles. The van der Waals surface area contributed by atoms with Crippen LogP contribution in [0.2, 0.25) is 0 Å². The van der Waals surface area contributed by atoms with Gasteiger partial charge in [0.15, 0.2) is 5.65 Å². The Hall–Kier alpha value is -4.06. The van der Waals surface area contributed by atoms with Gasteiger partial charge >= 0.3 is 0 Å². The topological polar surface area (TPSA) is 68.5 Å². The minimum Gasteiger partial charge on any atom is -0.339 e. The van der Waals surface area contributed by atoms with Crippen molar-refractivity contribution in [1.82, 2.24) is 24.7 Å². The molecule has 0 aliphatic rings. The van der Waals surface area contributed by atoms with Crippen molar-refractivity contribution < 1.29 is 0 Å². The highest BCUT2D eigenvalue weighted by Crippen LogP contribution is 2.26. The molecule has 6 nitrogen and oxygen atoms in total. The second kappa shape index (κ2) is 7.65. The van der Waals surface area contributed by atoms with E-state index >= 15 is 0 Å². The quantitative estimate of drug-likeness (QED) is 0.424. The summed E-state index contributed by atoms with van der Waals surface area (Å²) in [5.74, 6) is 1.44. The Morgan fingerprint density at radius 2 is 1.61 bits per heavy atom. The van der Waals surface area contributed by atoms with Crippen LogP contribution in [-0.4, -0.2) is 24.7 Å². The molecular formula is C25H22N6. The second-order valence-electron chi connectivity index (χ2n) is 7.60. The number of para-hydroxylation sites is 1. The highest BCUT2D eigenvalue weighted by atomic mass is 15.3. The summed E-state index contributed by atoms with van der Waals surface area (Å²) in [4.78, 5) is 13.8. The van der Waals surface area contributed by atoms with E-state index < -0.39 is 0 Å². The summed E-state index contributed by atoms with van der Waals surface area (Å²) in [5.41, 5.74) is 6.77. The van der Waals surface area contributed by atoms with Crippen LogP contribution in [-0.2, 0) is 0 Å². The van der Waals surface area contributed by atoms with Crippen molar-refractivity contribution in [2.24, 2.45) is 0 Å². The van der Waals surface area contributed by atoms with E-state index in [1.807, 2.05) is 61.1 Å². The van der Waals surface area contributed by atoms with Gasteiger partial charge in [-0.2, -0.15) is 5.10 Å². The predicted molar refractivity (Wildman–Crippen MR) is 124 cm³/mol. The average molecular weight is 406 g/mol. The lowest BCUT2D eigenvalue weighted by Gasteiger charge is -2.09. The second-order valence-corrected chi connectivity index (χ2v) is 7.60. The number of rotatable bonds is 4. The third-order valence-electron chi connectivity index (χ3n) is 5.17. The van der Waals surface area contributed by atoms with Crippen LogP contribution in [0.15, 0.2) is 72.9 Å². The van der Waals surface area contributed by atoms with Crippen molar-refractivity contribution in [3.05, 3.63) is 90.0 Å². The van der Waals surface area contributed by atoms with Crippen molar-refractivity contribution in [3.63, 3.8) is 0 Å². The molecule has 5 aromatic rings. The van der Waals surface area contributed by atoms with Gasteiger partial charge in [0, 0.05) is 17.0 Å². The van der Waals surface area contributed by atoms with Gasteiger partial charge in [-0.15, -0.1) is 0 Å². The fourth-order valence-corrected chi connectivity index (χ4v) is 3.61. The van der Waals surface area contributed by atoms with Gasteiger partial charge in [0.25, 0.3) is 0 Å². The molecule has 31 heavy (non-hydrogen) atoms. The summed E-state index contributed by atoms with van der Waals surface area (Å²) in [6.45, 7) is 5.98. The number of anilines is 2. The monoisotopic (exact) mass is 406 g/mol. The van der Waals surface area contributed by atoms with E-state index in [9.17, 15) is 0 Å². The Morgan fingerprint density at radius 1 is 0.839 bits per heavy atom. The first-order valence-electron chi connectivity index (χ1n) is 10.2. The zero-order chi connectivity index (χ0) is 21.4. The number of nitrogens with zero attached hydrogens (tertiary/aromatic N) is 5. The van der Waals surface area contributed by atoms with Crippen LogP contribution in [0.5, 0.6) is 0 Å². The lowest BCUT2D eigenvalue weighted by atomic mass is 10.1. The molecule has 152 valence electrons. The number of pyridine rings is 1. The van der Waals surface area contributed by atoms with Crippen LogP contribution in [0, 0.1) is 20.8 Å². The molecule has 0 saturated carbocycles. The van der Waals surface area contributed by atoms with Crippen LogP contribution in [0.25, 0.3) is 28.0 Å². The maximum atomic E-state index is 4.68. The summed E-state index contributed by atoms with van der Waals surface area (Å²) in [6, 6.07) is 22.4. The molecular weight excluding hydrogens is 384 g/mol. The minimum atomic E-state index is 0.711. The zero-order valence-corrected chi connectivity index (χ0v) is 17.7. The number of hydrogen-bond donors (Lipinski definition) is 1. The van der Waals surface area contributed by atoms with Crippen LogP contribution in [0.3, 0.4) is 0 Å². The molecule has 0 atom stereocenters. The number of hydrogen-bond acceptors (Lipinski definition) is 5. The smallest absolute Gasteiger partial charge is 0.163 e. The molecule has 1 N–H and O–H groups in total. The maximum Gasteiger partial charge on any atom is 0.163 e. The van der Waals surface area contributed by atoms with Gasteiger partial charge in [0.2, 0.25) is 0 Å². The molecule has 0 bridgehead atoms. The average Bonchev–Trinajstić information content (AvgIpc) is 3.10. The van der Waals surface area contributed by atoms with Gasteiger partial charge in [-0.1, -0.05) is 48.0 Å². The number of fused-ring (bicyclic) bond motifs is 1. The predicted octanol–water partition coefficient (Wildman–Crippen LogP) is 5.55. The molecule has 6 heteroatoms. The Labute approximate surface area is 180 Å². The molecule has 0 aliphatic heterocycles. The molecule has 0 unspecified atom stereocenters. The third-order valence-corrected chi connectivity index (χ3v) is 5.17. The summed E-state index contributed by atoms with van der Waals surface area (Å²) in [6.07, 6.45) is 1.81. The van der Waals surface area contributed by atoms with Gasteiger partial charge in [-0.25, -0.2) is 19.6 Å². The summed E-state index contributed by atoms with van der Waals surface area (Å²) in [5, 5.41) is 9.07. The highest BCUT2D eigenvalue weighted by molar-refractivity contribution is 5.83. The van der Waals surface area contributed by atoms with Crippen LogP contribution in [0.1, 0.15) is 17.1 Å². The molecule has 0 spiro atoms. The normalized spacial score (nSPS) is 11.1. The zero-order valence-electron chi connectivity index (χ0n) is 17.7. The van der Waals surface area contributed by atoms with E-state index in [4.69, 9.17) is 0 Å². The molecule has 0 aliphatic carbocycles. The van der Waals surface area contributed by atoms with Crippen molar-refractivity contribution in [3.8, 4) is 16.9 Å². The number of nitrogens with one attached hydrogen (secondary N) is 1. The standard InChI is InChI=1S/C25H22N6/c1-16-9-11-19(12-10-16)23-14-24(28-18(3)27-23)29-20-13-22-17(2)30-31(25(22)26-15-20)21-7-5-4-6-8-21/h4-15H,1-3H3,(H,27,28,29). The fraction of sp³-hybridized carbons (Fsp3) is 0.120. The van der Waals surface area contributed by atoms with E-state index in [0.29, 0.717) is 5.82 Å². The molecule has 2 aromatic carbocycles. The summed E-state index contributed by atoms with van der Waals surface area (Å²) in [7, 11) is 0.